The van der Waals surface area contributed by atoms with Crippen molar-refractivity contribution < 1.29 is 4.39 Å². The summed E-state index contributed by atoms with van der Waals surface area (Å²) in [5, 5.41) is 0. The zero-order chi connectivity index (χ0) is 16.2. The first-order chi connectivity index (χ1) is 11.1. The summed E-state index contributed by atoms with van der Waals surface area (Å²) in [5.74, 6) is -0.380. The van der Waals surface area contributed by atoms with E-state index in [1.807, 2.05) is 42.5 Å². The lowest BCUT2D eigenvalue weighted by Gasteiger charge is -2.00. The van der Waals surface area contributed by atoms with Crippen molar-refractivity contribution in [1.82, 2.24) is 4.57 Å². The lowest BCUT2D eigenvalue weighted by molar-refractivity contribution is 0.626. The van der Waals surface area contributed by atoms with Gasteiger partial charge in [-0.3, -0.25) is 9.36 Å². The van der Waals surface area contributed by atoms with E-state index in [4.69, 9.17) is 0 Å². The number of nitrogens with zero attached hydrogens (tertiary/aromatic N) is 1. The standard InChI is InChI=1S/C19H14FNOS/c1-14-21(17-11-6-10-16(20)13-17)19(22)18(23-14)12-5-9-15-7-3-2-4-8-15/h2-13H,1H2. The van der Waals surface area contributed by atoms with Crippen molar-refractivity contribution >= 4 is 30.1 Å². The molecule has 0 atom stereocenters. The molecule has 4 heteroatoms. The Labute approximate surface area is 136 Å². The van der Waals surface area contributed by atoms with Crippen molar-refractivity contribution in [1.29, 1.82) is 0 Å². The Bertz CT molecular complexity index is 1020. The highest BCUT2D eigenvalue weighted by molar-refractivity contribution is 7.07. The zero-order valence-corrected chi connectivity index (χ0v) is 13.1. The quantitative estimate of drug-likeness (QED) is 0.726. The van der Waals surface area contributed by atoms with Crippen LogP contribution in [0.3, 0.4) is 0 Å². The molecule has 0 radical (unpaired) electrons. The SMILES string of the molecule is C=c1sc(=CC=Cc2ccccc2)c(=O)n1-c1cccc(F)c1. The summed E-state index contributed by atoms with van der Waals surface area (Å²) in [4.78, 5) is 12.5. The molecule has 0 amide bonds. The number of hydrogen-bond acceptors (Lipinski definition) is 2. The van der Waals surface area contributed by atoms with Crippen LogP contribution in [0.25, 0.3) is 24.4 Å². The lowest BCUT2D eigenvalue weighted by Crippen LogP contribution is -2.29. The highest BCUT2D eigenvalue weighted by Crippen LogP contribution is 2.05. The van der Waals surface area contributed by atoms with Gasteiger partial charge in [-0.2, -0.15) is 0 Å². The smallest absolute Gasteiger partial charge is 0.268 e. The summed E-state index contributed by atoms with van der Waals surface area (Å²) in [5.41, 5.74) is 1.35. The van der Waals surface area contributed by atoms with Crippen LogP contribution in [-0.4, -0.2) is 4.57 Å². The highest BCUT2D eigenvalue weighted by Gasteiger charge is 2.05. The third-order valence-corrected chi connectivity index (χ3v) is 4.24. The van der Waals surface area contributed by atoms with E-state index in [2.05, 4.69) is 6.58 Å². The fourth-order valence-corrected chi connectivity index (χ4v) is 3.09. The van der Waals surface area contributed by atoms with Crippen molar-refractivity contribution in [3.63, 3.8) is 0 Å². The van der Waals surface area contributed by atoms with Gasteiger partial charge in [-0.05, 0) is 29.8 Å². The molecule has 0 saturated heterocycles. The number of hydrogen-bond donors (Lipinski definition) is 0. The molecule has 0 unspecified atom stereocenters. The van der Waals surface area contributed by atoms with E-state index < -0.39 is 0 Å². The Hall–Kier alpha value is -2.72. The maximum absolute atomic E-state index is 13.4. The van der Waals surface area contributed by atoms with Crippen molar-refractivity contribution in [2.75, 3.05) is 0 Å². The molecule has 0 spiro atoms. The third kappa shape index (κ3) is 3.38. The molecule has 0 aliphatic heterocycles. The lowest BCUT2D eigenvalue weighted by atomic mass is 10.2. The van der Waals surface area contributed by atoms with Crippen LogP contribution in [0.2, 0.25) is 0 Å². The minimum Gasteiger partial charge on any atom is -0.268 e. The summed E-state index contributed by atoms with van der Waals surface area (Å²) in [7, 11) is 0. The highest BCUT2D eigenvalue weighted by atomic mass is 32.1. The first-order valence-electron chi connectivity index (χ1n) is 7.05. The molecule has 0 fully saturated rings. The molecule has 0 aliphatic rings. The normalized spacial score (nSPS) is 12.1. The van der Waals surface area contributed by atoms with Gasteiger partial charge in [0.15, 0.2) is 0 Å². The summed E-state index contributed by atoms with van der Waals surface area (Å²) in [6.07, 6.45) is 5.51. The van der Waals surface area contributed by atoms with Gasteiger partial charge < -0.3 is 0 Å². The number of thiazole rings is 1. The van der Waals surface area contributed by atoms with Gasteiger partial charge in [-0.25, -0.2) is 4.39 Å². The summed E-state index contributed by atoms with van der Waals surface area (Å²) in [6, 6.07) is 15.8. The molecule has 3 rings (SSSR count). The van der Waals surface area contributed by atoms with Crippen LogP contribution in [0.5, 0.6) is 0 Å². The minimum atomic E-state index is -0.380. The summed E-state index contributed by atoms with van der Waals surface area (Å²) < 4.78 is 15.9. The fraction of sp³-hybridized carbons (Fsp3) is 0. The van der Waals surface area contributed by atoms with Gasteiger partial charge >= 0.3 is 0 Å². The molecule has 23 heavy (non-hydrogen) atoms. The van der Waals surface area contributed by atoms with Crippen molar-refractivity contribution in [3.8, 4) is 5.69 Å². The van der Waals surface area contributed by atoms with Crippen LogP contribution in [0, 0.1) is 5.82 Å². The van der Waals surface area contributed by atoms with E-state index in [0.29, 0.717) is 14.9 Å². The van der Waals surface area contributed by atoms with Gasteiger partial charge in [-0.1, -0.05) is 55.1 Å². The predicted molar refractivity (Wildman–Crippen MR) is 94.6 cm³/mol. The molecule has 0 bridgehead atoms. The van der Waals surface area contributed by atoms with Gasteiger partial charge in [0.2, 0.25) is 0 Å². The van der Waals surface area contributed by atoms with E-state index >= 15 is 0 Å². The molecule has 2 aromatic carbocycles. The minimum absolute atomic E-state index is 0.191. The average Bonchev–Trinajstić information content (AvgIpc) is 2.82. The molecule has 2 nitrogen and oxygen atoms in total. The Morgan fingerprint density at radius 2 is 1.87 bits per heavy atom. The van der Waals surface area contributed by atoms with E-state index in [-0.39, 0.29) is 11.4 Å². The number of halogens is 1. The van der Waals surface area contributed by atoms with Gasteiger partial charge in [0.25, 0.3) is 5.56 Å². The second-order valence-corrected chi connectivity index (χ2v) is 6.03. The third-order valence-electron chi connectivity index (χ3n) is 3.29. The summed E-state index contributed by atoms with van der Waals surface area (Å²) >= 11 is 1.29. The van der Waals surface area contributed by atoms with Gasteiger partial charge in [-0.15, -0.1) is 11.3 Å². The number of aromatic nitrogens is 1. The number of benzene rings is 2. The maximum atomic E-state index is 13.4. The van der Waals surface area contributed by atoms with Crippen LogP contribution in [0.15, 0.2) is 65.5 Å². The molecular weight excluding hydrogens is 309 g/mol. The molecule has 0 saturated carbocycles. The topological polar surface area (TPSA) is 22.0 Å². The Kier molecular flexibility index (Phi) is 4.35. The molecular formula is C19H14FNOS. The second-order valence-electron chi connectivity index (χ2n) is 4.92. The largest absolute Gasteiger partial charge is 0.273 e. The fourth-order valence-electron chi connectivity index (χ4n) is 2.23. The van der Waals surface area contributed by atoms with Crippen molar-refractivity contribution in [3.05, 3.63) is 91.6 Å². The van der Waals surface area contributed by atoms with Crippen molar-refractivity contribution in [2.45, 2.75) is 0 Å². The average molecular weight is 323 g/mol. The van der Waals surface area contributed by atoms with E-state index in [1.54, 1.807) is 18.2 Å². The monoisotopic (exact) mass is 323 g/mol. The van der Waals surface area contributed by atoms with Crippen LogP contribution < -0.4 is 14.8 Å². The molecule has 114 valence electrons. The Morgan fingerprint density at radius 1 is 1.09 bits per heavy atom. The zero-order valence-electron chi connectivity index (χ0n) is 12.3. The second kappa shape index (κ2) is 6.58. The summed E-state index contributed by atoms with van der Waals surface area (Å²) in [6.45, 7) is 3.89. The van der Waals surface area contributed by atoms with Crippen molar-refractivity contribution in [2.24, 2.45) is 0 Å². The van der Waals surface area contributed by atoms with Crippen LogP contribution >= 0.6 is 11.3 Å². The molecule has 0 aliphatic carbocycles. The number of rotatable bonds is 3. The van der Waals surface area contributed by atoms with Crippen LogP contribution in [0.4, 0.5) is 4.39 Å². The van der Waals surface area contributed by atoms with E-state index in [9.17, 15) is 9.18 Å². The van der Waals surface area contributed by atoms with Gasteiger partial charge in [0, 0.05) is 0 Å². The Morgan fingerprint density at radius 3 is 2.61 bits per heavy atom. The van der Waals surface area contributed by atoms with Crippen LogP contribution in [-0.2, 0) is 0 Å². The predicted octanol–water partition coefficient (Wildman–Crippen LogP) is 2.94. The van der Waals surface area contributed by atoms with Gasteiger partial charge in [0.1, 0.15) is 5.82 Å². The first-order valence-corrected chi connectivity index (χ1v) is 7.87. The molecule has 1 aromatic heterocycles. The van der Waals surface area contributed by atoms with Crippen LogP contribution in [0.1, 0.15) is 5.56 Å². The Balaban J connectivity index is 2.02. The van der Waals surface area contributed by atoms with E-state index in [1.165, 1.54) is 28.0 Å². The number of allylic oxidation sites excluding steroid dienone is 1. The molecule has 0 N–H and O–H groups in total. The van der Waals surface area contributed by atoms with Gasteiger partial charge in [0.05, 0.1) is 14.9 Å². The van der Waals surface area contributed by atoms with E-state index in [0.717, 1.165) is 5.56 Å². The molecule has 1 heterocycles. The first kappa shape index (κ1) is 15.2. The molecule has 3 aromatic rings. The maximum Gasteiger partial charge on any atom is 0.273 e.